The van der Waals surface area contributed by atoms with Gasteiger partial charge < -0.3 is 4.74 Å². The zero-order chi connectivity index (χ0) is 9.26. The number of hydrogen-bond donors (Lipinski definition) is 0. The van der Waals surface area contributed by atoms with E-state index in [1.54, 1.807) is 4.90 Å². The molecule has 1 fully saturated rings. The lowest BCUT2D eigenvalue weighted by Gasteiger charge is -2.15. The predicted molar refractivity (Wildman–Crippen MR) is 53.0 cm³/mol. The molecule has 1 saturated heterocycles. The molecule has 1 aromatic rings. The summed E-state index contributed by atoms with van der Waals surface area (Å²) in [5.74, 6) is 0. The van der Waals surface area contributed by atoms with Crippen LogP contribution >= 0.6 is 15.9 Å². The molecule has 1 unspecified atom stereocenters. The number of benzene rings is 1. The van der Waals surface area contributed by atoms with Crippen LogP contribution in [0.15, 0.2) is 30.3 Å². The van der Waals surface area contributed by atoms with Crippen LogP contribution in [0.3, 0.4) is 0 Å². The van der Waals surface area contributed by atoms with Crippen LogP contribution in [0.4, 0.5) is 10.5 Å². The molecule has 68 valence electrons. The monoisotopic (exact) mass is 241 g/mol. The summed E-state index contributed by atoms with van der Waals surface area (Å²) in [5, 5.41) is 0. The Labute approximate surface area is 84.4 Å². The number of rotatable bonds is 1. The Bertz CT molecular complexity index is 315. The Morgan fingerprint density at radius 2 is 2.08 bits per heavy atom. The average Bonchev–Trinajstić information content (AvgIpc) is 2.48. The lowest BCUT2D eigenvalue weighted by molar-refractivity contribution is 0.180. The van der Waals surface area contributed by atoms with Crippen molar-refractivity contribution in [2.45, 2.75) is 4.95 Å². The number of hydrogen-bond acceptors (Lipinski definition) is 2. The molecule has 0 radical (unpaired) electrons. The first kappa shape index (κ1) is 8.56. The molecule has 0 aromatic heterocycles. The van der Waals surface area contributed by atoms with Gasteiger partial charge in [0.1, 0.15) is 11.6 Å². The first-order valence-corrected chi connectivity index (χ1v) is 4.86. The third-order valence-electron chi connectivity index (χ3n) is 1.86. The summed E-state index contributed by atoms with van der Waals surface area (Å²) in [7, 11) is 0. The smallest absolute Gasteiger partial charge is 0.415 e. The molecule has 1 atom stereocenters. The van der Waals surface area contributed by atoms with Gasteiger partial charge in [-0.25, -0.2) is 4.79 Å². The molecule has 4 heteroatoms. The molecule has 13 heavy (non-hydrogen) atoms. The normalized spacial score (nSPS) is 21.8. The third-order valence-corrected chi connectivity index (χ3v) is 2.53. The minimum absolute atomic E-state index is 0.0533. The SMILES string of the molecule is O=C1OCC(Br)N1c1ccccc1. The molecule has 2 rings (SSSR count). The maximum Gasteiger partial charge on any atom is 0.415 e. The number of carbonyl (C=O) groups is 1. The van der Waals surface area contributed by atoms with E-state index in [1.807, 2.05) is 30.3 Å². The fourth-order valence-electron chi connectivity index (χ4n) is 1.25. The van der Waals surface area contributed by atoms with Crippen LogP contribution in [-0.2, 0) is 4.74 Å². The number of halogens is 1. The fraction of sp³-hybridized carbons (Fsp3) is 0.222. The van der Waals surface area contributed by atoms with Crippen molar-refractivity contribution in [3.05, 3.63) is 30.3 Å². The fourth-order valence-corrected chi connectivity index (χ4v) is 1.79. The number of cyclic esters (lactones) is 1. The Hall–Kier alpha value is -1.03. The molecule has 0 spiro atoms. The molecule has 1 heterocycles. The van der Waals surface area contributed by atoms with Crippen LogP contribution in [0.1, 0.15) is 0 Å². The summed E-state index contributed by atoms with van der Waals surface area (Å²) in [6.45, 7) is 0.397. The van der Waals surface area contributed by atoms with E-state index in [0.717, 1.165) is 5.69 Å². The molecular formula is C9H8BrNO2. The van der Waals surface area contributed by atoms with Gasteiger partial charge in [-0.15, -0.1) is 0 Å². The molecule has 3 nitrogen and oxygen atoms in total. The van der Waals surface area contributed by atoms with Gasteiger partial charge in [-0.05, 0) is 12.1 Å². The van der Waals surface area contributed by atoms with E-state index >= 15 is 0 Å². The first-order valence-electron chi connectivity index (χ1n) is 3.94. The summed E-state index contributed by atoms with van der Waals surface area (Å²) in [4.78, 5) is 12.8. The molecule has 1 aromatic carbocycles. The van der Waals surface area contributed by atoms with E-state index in [-0.39, 0.29) is 11.0 Å². The van der Waals surface area contributed by atoms with Crippen LogP contribution in [0, 0.1) is 0 Å². The van der Waals surface area contributed by atoms with Crippen LogP contribution in [-0.4, -0.2) is 17.7 Å². The zero-order valence-electron chi connectivity index (χ0n) is 6.81. The number of alkyl halides is 1. The molecule has 0 N–H and O–H groups in total. The van der Waals surface area contributed by atoms with Crippen molar-refractivity contribution in [1.82, 2.24) is 0 Å². The van der Waals surface area contributed by atoms with Crippen molar-refractivity contribution in [1.29, 1.82) is 0 Å². The van der Waals surface area contributed by atoms with E-state index < -0.39 is 0 Å². The lowest BCUT2D eigenvalue weighted by Crippen LogP contribution is -2.28. The minimum Gasteiger partial charge on any atom is -0.446 e. The quantitative estimate of drug-likeness (QED) is 0.558. The van der Waals surface area contributed by atoms with Crippen LogP contribution in [0.2, 0.25) is 0 Å². The molecule has 0 bridgehead atoms. The highest BCUT2D eigenvalue weighted by Crippen LogP contribution is 2.25. The van der Waals surface area contributed by atoms with Gasteiger partial charge in [0.05, 0.1) is 0 Å². The largest absolute Gasteiger partial charge is 0.446 e. The van der Waals surface area contributed by atoms with E-state index in [0.29, 0.717) is 6.61 Å². The third kappa shape index (κ3) is 1.54. The number of amides is 1. The van der Waals surface area contributed by atoms with E-state index in [1.165, 1.54) is 0 Å². The number of anilines is 1. The van der Waals surface area contributed by atoms with Gasteiger partial charge in [-0.3, -0.25) is 4.90 Å². The first-order chi connectivity index (χ1) is 6.29. The number of ether oxygens (including phenoxy) is 1. The topological polar surface area (TPSA) is 29.5 Å². The van der Waals surface area contributed by atoms with Crippen molar-refractivity contribution in [2.75, 3.05) is 11.5 Å². The maximum atomic E-state index is 11.3. The molecular weight excluding hydrogens is 234 g/mol. The second kappa shape index (κ2) is 3.38. The van der Waals surface area contributed by atoms with Gasteiger partial charge in [-0.1, -0.05) is 34.1 Å². The van der Waals surface area contributed by atoms with Gasteiger partial charge >= 0.3 is 6.09 Å². The highest BCUT2D eigenvalue weighted by Gasteiger charge is 2.31. The number of carbonyl (C=O) groups excluding carboxylic acids is 1. The maximum absolute atomic E-state index is 11.3. The summed E-state index contributed by atoms with van der Waals surface area (Å²) in [5.41, 5.74) is 0.854. The Morgan fingerprint density at radius 1 is 1.38 bits per heavy atom. The van der Waals surface area contributed by atoms with E-state index in [4.69, 9.17) is 4.74 Å². The van der Waals surface area contributed by atoms with Gasteiger partial charge in [0.25, 0.3) is 0 Å². The second-order valence-electron chi connectivity index (χ2n) is 2.72. The minimum atomic E-state index is -0.298. The molecule has 1 aliphatic heterocycles. The van der Waals surface area contributed by atoms with Gasteiger partial charge in [0.2, 0.25) is 0 Å². The average molecular weight is 242 g/mol. The molecule has 1 amide bonds. The number of nitrogens with zero attached hydrogens (tertiary/aromatic N) is 1. The molecule has 0 aliphatic carbocycles. The molecule has 1 aliphatic rings. The van der Waals surface area contributed by atoms with Crippen molar-refractivity contribution in [3.63, 3.8) is 0 Å². The van der Waals surface area contributed by atoms with Gasteiger partial charge in [-0.2, -0.15) is 0 Å². The standard InChI is InChI=1S/C9H8BrNO2/c10-8-6-13-9(12)11(8)7-4-2-1-3-5-7/h1-5,8H,6H2. The summed E-state index contributed by atoms with van der Waals surface area (Å²) < 4.78 is 4.87. The summed E-state index contributed by atoms with van der Waals surface area (Å²) in [6.07, 6.45) is -0.298. The van der Waals surface area contributed by atoms with Crippen LogP contribution < -0.4 is 4.90 Å². The van der Waals surface area contributed by atoms with Crippen molar-refractivity contribution in [3.8, 4) is 0 Å². The Kier molecular flexibility index (Phi) is 2.22. The predicted octanol–water partition coefficient (Wildman–Crippen LogP) is 2.36. The Balaban J connectivity index is 2.30. The highest BCUT2D eigenvalue weighted by molar-refractivity contribution is 9.09. The summed E-state index contributed by atoms with van der Waals surface area (Å²) in [6, 6.07) is 9.44. The number of para-hydroxylation sites is 1. The van der Waals surface area contributed by atoms with Gasteiger partial charge in [0, 0.05) is 5.69 Å². The highest BCUT2D eigenvalue weighted by atomic mass is 79.9. The second-order valence-corrected chi connectivity index (χ2v) is 3.77. The van der Waals surface area contributed by atoms with Gasteiger partial charge in [0.15, 0.2) is 0 Å². The van der Waals surface area contributed by atoms with Crippen molar-refractivity contribution in [2.24, 2.45) is 0 Å². The van der Waals surface area contributed by atoms with Crippen LogP contribution in [0.25, 0.3) is 0 Å². The van der Waals surface area contributed by atoms with Crippen LogP contribution in [0.5, 0.6) is 0 Å². The Morgan fingerprint density at radius 3 is 2.62 bits per heavy atom. The van der Waals surface area contributed by atoms with E-state index in [2.05, 4.69) is 15.9 Å². The van der Waals surface area contributed by atoms with E-state index in [9.17, 15) is 4.79 Å². The van der Waals surface area contributed by atoms with Crippen molar-refractivity contribution < 1.29 is 9.53 Å². The lowest BCUT2D eigenvalue weighted by atomic mass is 10.3. The molecule has 0 saturated carbocycles. The van der Waals surface area contributed by atoms with Crippen molar-refractivity contribution >= 4 is 27.7 Å². The zero-order valence-corrected chi connectivity index (χ0v) is 8.40. The summed E-state index contributed by atoms with van der Waals surface area (Å²) >= 11 is 3.36.